The van der Waals surface area contributed by atoms with Crippen LogP contribution in [0.5, 0.6) is 0 Å². The van der Waals surface area contributed by atoms with Gasteiger partial charge in [0.25, 0.3) is 5.91 Å². The second-order valence-electron chi connectivity index (χ2n) is 10.1. The van der Waals surface area contributed by atoms with Crippen molar-refractivity contribution in [2.75, 3.05) is 26.2 Å². The SMILES string of the molecule is C=C1N(CCN2CCCCC2)C(=O)[C@]2(C)Cc3c([nH]c4ccc(Cl)cc34)[C@@H](c3ccccc3)N12. The molecular weight excluding hydrogens is 444 g/mol. The fourth-order valence-electron chi connectivity index (χ4n) is 6.26. The second-order valence-corrected chi connectivity index (χ2v) is 10.6. The molecule has 1 amide bonds. The van der Waals surface area contributed by atoms with Crippen LogP contribution < -0.4 is 0 Å². The van der Waals surface area contributed by atoms with Gasteiger partial charge in [-0.15, -0.1) is 0 Å². The molecule has 3 aromatic rings. The highest BCUT2D eigenvalue weighted by Crippen LogP contribution is 2.51. The minimum Gasteiger partial charge on any atom is -0.356 e. The van der Waals surface area contributed by atoms with Crippen LogP contribution in [0.15, 0.2) is 60.9 Å². The second kappa shape index (κ2) is 8.17. The van der Waals surface area contributed by atoms with Crippen LogP contribution in [0.4, 0.5) is 0 Å². The molecule has 6 heteroatoms. The Morgan fingerprint density at radius 3 is 2.62 bits per heavy atom. The molecule has 0 spiro atoms. The normalized spacial score (nSPS) is 25.2. The van der Waals surface area contributed by atoms with Crippen LogP contribution in [-0.2, 0) is 11.2 Å². The molecule has 0 aliphatic carbocycles. The van der Waals surface area contributed by atoms with E-state index in [9.17, 15) is 4.79 Å². The maximum absolute atomic E-state index is 14.0. The van der Waals surface area contributed by atoms with Crippen molar-refractivity contribution < 1.29 is 4.79 Å². The Morgan fingerprint density at radius 1 is 1.09 bits per heavy atom. The Labute approximate surface area is 206 Å². The van der Waals surface area contributed by atoms with Crippen molar-refractivity contribution in [3.8, 4) is 0 Å². The third-order valence-electron chi connectivity index (χ3n) is 7.98. The maximum atomic E-state index is 14.0. The molecule has 2 saturated heterocycles. The molecule has 3 aliphatic rings. The number of rotatable bonds is 4. The number of aromatic amines is 1. The maximum Gasteiger partial charge on any atom is 0.254 e. The van der Waals surface area contributed by atoms with Crippen LogP contribution in [0, 0.1) is 0 Å². The number of benzene rings is 2. The lowest BCUT2D eigenvalue weighted by atomic mass is 9.81. The molecule has 0 bridgehead atoms. The lowest BCUT2D eigenvalue weighted by Gasteiger charge is -2.44. The summed E-state index contributed by atoms with van der Waals surface area (Å²) in [5, 5.41) is 1.82. The number of hydrogen-bond donors (Lipinski definition) is 1. The van der Waals surface area contributed by atoms with Gasteiger partial charge in [0.15, 0.2) is 0 Å². The fraction of sp³-hybridized carbons (Fsp3) is 0.393. The van der Waals surface area contributed by atoms with Crippen LogP contribution in [0.25, 0.3) is 10.9 Å². The van der Waals surface area contributed by atoms with Crippen molar-refractivity contribution >= 4 is 28.4 Å². The quantitative estimate of drug-likeness (QED) is 0.556. The Hall–Kier alpha value is -2.76. The van der Waals surface area contributed by atoms with Gasteiger partial charge in [-0.05, 0) is 62.2 Å². The topological polar surface area (TPSA) is 42.6 Å². The first-order valence-corrected chi connectivity index (χ1v) is 12.7. The summed E-state index contributed by atoms with van der Waals surface area (Å²) in [5.74, 6) is 0.957. The van der Waals surface area contributed by atoms with E-state index in [1.165, 1.54) is 24.8 Å². The van der Waals surface area contributed by atoms with Crippen molar-refractivity contribution in [3.63, 3.8) is 0 Å². The van der Waals surface area contributed by atoms with Crippen molar-refractivity contribution in [2.24, 2.45) is 0 Å². The smallest absolute Gasteiger partial charge is 0.254 e. The number of H-pyrrole nitrogens is 1. The zero-order valence-electron chi connectivity index (χ0n) is 19.7. The van der Waals surface area contributed by atoms with Crippen molar-refractivity contribution in [2.45, 2.75) is 44.2 Å². The average Bonchev–Trinajstić information content (AvgIpc) is 3.29. The molecule has 3 aliphatic heterocycles. The first-order chi connectivity index (χ1) is 16.5. The number of nitrogens with zero attached hydrogens (tertiary/aromatic N) is 3. The molecule has 6 rings (SSSR count). The van der Waals surface area contributed by atoms with Crippen LogP contribution >= 0.6 is 11.6 Å². The lowest BCUT2D eigenvalue weighted by Crippen LogP contribution is -2.52. The number of amides is 1. The third kappa shape index (κ3) is 3.29. The van der Waals surface area contributed by atoms with Gasteiger partial charge in [0.1, 0.15) is 11.4 Å². The molecule has 176 valence electrons. The number of carbonyl (C=O) groups excluding carboxylic acids is 1. The van der Waals surface area contributed by atoms with Crippen LogP contribution in [0.2, 0.25) is 5.02 Å². The first kappa shape index (κ1) is 21.8. The Balaban J connectivity index is 1.43. The van der Waals surface area contributed by atoms with E-state index in [4.69, 9.17) is 11.6 Å². The van der Waals surface area contributed by atoms with Crippen molar-refractivity contribution in [1.82, 2.24) is 19.7 Å². The van der Waals surface area contributed by atoms with Gasteiger partial charge in [0.05, 0.1) is 6.04 Å². The van der Waals surface area contributed by atoms with Gasteiger partial charge in [-0.25, -0.2) is 0 Å². The Morgan fingerprint density at radius 2 is 1.85 bits per heavy atom. The number of nitrogens with one attached hydrogen (secondary N) is 1. The molecule has 2 atom stereocenters. The predicted octanol–water partition coefficient (Wildman–Crippen LogP) is 5.33. The molecule has 34 heavy (non-hydrogen) atoms. The highest BCUT2D eigenvalue weighted by atomic mass is 35.5. The van der Waals surface area contributed by atoms with Crippen molar-refractivity contribution in [1.29, 1.82) is 0 Å². The zero-order chi connectivity index (χ0) is 23.4. The van der Waals surface area contributed by atoms with Gasteiger partial charge < -0.3 is 14.8 Å². The largest absolute Gasteiger partial charge is 0.356 e. The molecule has 2 fully saturated rings. The number of likely N-dealkylation sites (tertiary alicyclic amines) is 1. The monoisotopic (exact) mass is 474 g/mol. The molecule has 1 N–H and O–H groups in total. The predicted molar refractivity (Wildman–Crippen MR) is 137 cm³/mol. The summed E-state index contributed by atoms with van der Waals surface area (Å²) in [6.45, 7) is 10.4. The molecule has 0 unspecified atom stereocenters. The van der Waals surface area contributed by atoms with E-state index in [-0.39, 0.29) is 11.9 Å². The summed E-state index contributed by atoms with van der Waals surface area (Å²) < 4.78 is 0. The third-order valence-corrected chi connectivity index (χ3v) is 8.22. The number of carbonyl (C=O) groups is 1. The van der Waals surface area contributed by atoms with Crippen molar-refractivity contribution in [3.05, 3.63) is 82.8 Å². The summed E-state index contributed by atoms with van der Waals surface area (Å²) >= 11 is 6.39. The van der Waals surface area contributed by atoms with Crippen LogP contribution in [0.1, 0.15) is 49.0 Å². The van der Waals surface area contributed by atoms with Gasteiger partial charge in [-0.2, -0.15) is 0 Å². The number of fused-ring (bicyclic) bond motifs is 4. The molecule has 5 nitrogen and oxygen atoms in total. The standard InChI is InChI=1S/C28H31ClN4O/c1-19-32(16-15-31-13-7-4-8-14-31)27(34)28(2)18-23-22-17-21(29)11-12-24(22)30-25(23)26(33(19)28)20-9-5-3-6-10-20/h3,5-6,9-12,17,26,30H,1,4,7-8,13-16,18H2,2H3/t26-,28+/m1/s1. The summed E-state index contributed by atoms with van der Waals surface area (Å²) in [7, 11) is 0. The summed E-state index contributed by atoms with van der Waals surface area (Å²) in [6, 6.07) is 16.3. The summed E-state index contributed by atoms with van der Waals surface area (Å²) in [4.78, 5) is 24.4. The lowest BCUT2D eigenvalue weighted by molar-refractivity contribution is -0.133. The fourth-order valence-corrected chi connectivity index (χ4v) is 6.44. The van der Waals surface area contributed by atoms with Crippen LogP contribution in [0.3, 0.4) is 0 Å². The molecule has 4 heterocycles. The molecule has 0 radical (unpaired) electrons. The Bertz CT molecular complexity index is 1260. The highest BCUT2D eigenvalue weighted by molar-refractivity contribution is 6.31. The molecule has 0 saturated carbocycles. The van der Waals surface area contributed by atoms with Gasteiger partial charge in [0, 0.05) is 41.1 Å². The number of aromatic nitrogens is 1. The number of halogens is 1. The first-order valence-electron chi connectivity index (χ1n) is 12.3. The van der Waals surface area contributed by atoms with Crippen LogP contribution in [-0.4, -0.2) is 57.3 Å². The Kier molecular flexibility index (Phi) is 5.23. The minimum absolute atomic E-state index is 0.113. The number of hydrogen-bond acceptors (Lipinski definition) is 3. The van der Waals surface area contributed by atoms with Gasteiger partial charge in [-0.1, -0.05) is 54.9 Å². The minimum atomic E-state index is -0.691. The molecule has 2 aromatic carbocycles. The number of piperidine rings is 1. The molecule has 1 aromatic heterocycles. The summed E-state index contributed by atoms with van der Waals surface area (Å²) in [5.41, 5.74) is 3.83. The van der Waals surface area contributed by atoms with Gasteiger partial charge >= 0.3 is 0 Å². The van der Waals surface area contributed by atoms with E-state index in [2.05, 4.69) is 52.6 Å². The van der Waals surface area contributed by atoms with E-state index < -0.39 is 5.54 Å². The van der Waals surface area contributed by atoms with E-state index in [1.807, 2.05) is 29.2 Å². The van der Waals surface area contributed by atoms with E-state index in [0.29, 0.717) is 18.0 Å². The van der Waals surface area contributed by atoms with Gasteiger partial charge in [0.2, 0.25) is 0 Å². The average molecular weight is 475 g/mol. The van der Waals surface area contributed by atoms with E-state index in [1.54, 1.807) is 0 Å². The molecular formula is C28H31ClN4O. The highest BCUT2D eigenvalue weighted by Gasteiger charge is 2.57. The zero-order valence-corrected chi connectivity index (χ0v) is 20.4. The van der Waals surface area contributed by atoms with E-state index >= 15 is 0 Å². The van der Waals surface area contributed by atoms with E-state index in [0.717, 1.165) is 47.6 Å². The van der Waals surface area contributed by atoms with Gasteiger partial charge in [-0.3, -0.25) is 9.69 Å². The summed E-state index contributed by atoms with van der Waals surface area (Å²) in [6.07, 6.45) is 4.44.